The molecule has 3 aromatic heterocycles. The fraction of sp³-hybridized carbons (Fsp3) is 0.481. The van der Waals surface area contributed by atoms with Gasteiger partial charge in [0.2, 0.25) is 5.91 Å². The molecule has 2 saturated carbocycles. The number of aromatic nitrogens is 3. The SMILES string of the molecule is CCC(O)(c1ncc(-c2cc(C)cc(Nc3cc(C4CC4)ccn3)n2)s1)C1(C(N)=O)CCCCC1. The summed E-state index contributed by atoms with van der Waals surface area (Å²) in [5.74, 6) is 1.71. The number of nitrogens with zero attached hydrogens (tertiary/aromatic N) is 3. The Balaban J connectivity index is 1.45. The lowest BCUT2D eigenvalue weighted by atomic mass is 9.62. The molecule has 3 aromatic rings. The minimum Gasteiger partial charge on any atom is -0.382 e. The van der Waals surface area contributed by atoms with Crippen molar-refractivity contribution >= 4 is 28.9 Å². The molecule has 0 spiro atoms. The molecule has 0 aromatic carbocycles. The summed E-state index contributed by atoms with van der Waals surface area (Å²) in [6.07, 6.45) is 10.4. The van der Waals surface area contributed by atoms with Crippen molar-refractivity contribution in [2.75, 3.05) is 5.32 Å². The highest BCUT2D eigenvalue weighted by atomic mass is 32.1. The first-order valence-corrected chi connectivity index (χ1v) is 13.4. The molecule has 8 heteroatoms. The number of nitrogens with two attached hydrogens (primary N) is 1. The van der Waals surface area contributed by atoms with E-state index >= 15 is 0 Å². The van der Waals surface area contributed by atoms with Crippen LogP contribution in [-0.4, -0.2) is 26.0 Å². The minimum atomic E-state index is -1.39. The average molecular weight is 492 g/mol. The quantitative estimate of drug-likeness (QED) is 0.380. The molecule has 1 amide bonds. The number of thiazole rings is 1. The van der Waals surface area contributed by atoms with Gasteiger partial charge >= 0.3 is 0 Å². The Morgan fingerprint density at radius 2 is 1.97 bits per heavy atom. The van der Waals surface area contributed by atoms with E-state index in [0.717, 1.165) is 41.2 Å². The molecule has 0 radical (unpaired) electrons. The lowest BCUT2D eigenvalue weighted by Gasteiger charge is -2.46. The van der Waals surface area contributed by atoms with Crippen molar-refractivity contribution in [3.8, 4) is 10.6 Å². The number of anilines is 2. The number of nitrogens with one attached hydrogen (secondary N) is 1. The summed E-state index contributed by atoms with van der Waals surface area (Å²) < 4.78 is 0. The van der Waals surface area contributed by atoms with Crippen LogP contribution in [0.15, 0.2) is 36.7 Å². The first-order chi connectivity index (χ1) is 16.8. The van der Waals surface area contributed by atoms with Gasteiger partial charge in [-0.25, -0.2) is 15.0 Å². The van der Waals surface area contributed by atoms with Crippen LogP contribution in [0.5, 0.6) is 0 Å². The van der Waals surface area contributed by atoms with Crippen LogP contribution in [-0.2, 0) is 10.4 Å². The van der Waals surface area contributed by atoms with Gasteiger partial charge in [0, 0.05) is 12.4 Å². The molecule has 1 unspecified atom stereocenters. The number of carbonyl (C=O) groups excluding carboxylic acids is 1. The van der Waals surface area contributed by atoms with Crippen LogP contribution >= 0.6 is 11.3 Å². The molecule has 4 N–H and O–H groups in total. The Morgan fingerprint density at radius 3 is 2.66 bits per heavy atom. The van der Waals surface area contributed by atoms with E-state index in [0.29, 0.717) is 36.0 Å². The van der Waals surface area contributed by atoms with Crippen LogP contribution in [0.1, 0.15) is 80.3 Å². The number of carbonyl (C=O) groups is 1. The number of hydrogen-bond acceptors (Lipinski definition) is 7. The third-order valence-corrected chi connectivity index (χ3v) is 8.82. The highest BCUT2D eigenvalue weighted by Crippen LogP contribution is 2.53. The molecule has 0 bridgehead atoms. The maximum absolute atomic E-state index is 12.7. The molecular formula is C27H33N5O2S. The van der Waals surface area contributed by atoms with Crippen molar-refractivity contribution in [2.24, 2.45) is 11.1 Å². The van der Waals surface area contributed by atoms with Crippen molar-refractivity contribution in [2.45, 2.75) is 76.7 Å². The molecular weight excluding hydrogens is 458 g/mol. The number of primary amides is 1. The number of aliphatic hydroxyl groups is 1. The summed E-state index contributed by atoms with van der Waals surface area (Å²) in [4.78, 5) is 27.4. The van der Waals surface area contributed by atoms with E-state index < -0.39 is 16.9 Å². The molecule has 2 fully saturated rings. The zero-order chi connectivity index (χ0) is 24.6. The van der Waals surface area contributed by atoms with Crippen molar-refractivity contribution in [3.63, 3.8) is 0 Å². The third kappa shape index (κ3) is 4.45. The number of rotatable bonds is 8. The van der Waals surface area contributed by atoms with E-state index in [1.165, 1.54) is 29.7 Å². The van der Waals surface area contributed by atoms with Gasteiger partial charge in [-0.3, -0.25) is 4.79 Å². The van der Waals surface area contributed by atoms with E-state index in [2.05, 4.69) is 27.4 Å². The highest BCUT2D eigenvalue weighted by Gasteiger charge is 2.56. The third-order valence-electron chi connectivity index (χ3n) is 7.65. The maximum atomic E-state index is 12.7. The van der Waals surface area contributed by atoms with Gasteiger partial charge in [0.25, 0.3) is 0 Å². The molecule has 0 saturated heterocycles. The average Bonchev–Trinajstić information content (AvgIpc) is 3.59. The Kier molecular flexibility index (Phi) is 6.36. The molecule has 5 rings (SSSR count). The Bertz CT molecular complexity index is 1230. The van der Waals surface area contributed by atoms with E-state index in [1.807, 2.05) is 32.2 Å². The Labute approximate surface area is 210 Å². The molecule has 0 aliphatic heterocycles. The van der Waals surface area contributed by atoms with Crippen LogP contribution in [0.3, 0.4) is 0 Å². The van der Waals surface area contributed by atoms with Gasteiger partial charge in [0.15, 0.2) is 0 Å². The van der Waals surface area contributed by atoms with Gasteiger partial charge in [0.1, 0.15) is 22.2 Å². The van der Waals surface area contributed by atoms with Gasteiger partial charge < -0.3 is 16.2 Å². The van der Waals surface area contributed by atoms with E-state index in [9.17, 15) is 9.90 Å². The summed E-state index contributed by atoms with van der Waals surface area (Å²) >= 11 is 1.39. The van der Waals surface area contributed by atoms with Crippen LogP contribution in [0.4, 0.5) is 11.6 Å². The molecule has 1 atom stereocenters. The standard InChI is InChI=1S/C27H33N5O2S/c1-3-27(34,26(24(28)33)10-5-4-6-11-26)25-30-16-21(35-25)20-13-17(2)14-23(31-20)32-22-15-19(9-12-29-22)18-7-8-18/h9,12-16,18,34H,3-8,10-11H2,1-2H3,(H2,28,33)(H,29,31,32). The first kappa shape index (κ1) is 23.9. The molecule has 7 nitrogen and oxygen atoms in total. The predicted molar refractivity (Wildman–Crippen MR) is 138 cm³/mol. The summed E-state index contributed by atoms with van der Waals surface area (Å²) in [6.45, 7) is 3.93. The second kappa shape index (κ2) is 9.32. The second-order valence-electron chi connectivity index (χ2n) is 10.0. The molecule has 184 valence electrons. The number of amides is 1. The predicted octanol–water partition coefficient (Wildman–Crippen LogP) is 5.56. The fourth-order valence-electron chi connectivity index (χ4n) is 5.47. The Hall–Kier alpha value is -2.84. The van der Waals surface area contributed by atoms with E-state index in [1.54, 1.807) is 6.20 Å². The van der Waals surface area contributed by atoms with Crippen molar-refractivity contribution < 1.29 is 9.90 Å². The van der Waals surface area contributed by atoms with Gasteiger partial charge in [-0.2, -0.15) is 0 Å². The summed E-state index contributed by atoms with van der Waals surface area (Å²) in [5, 5.41) is 15.8. The lowest BCUT2D eigenvalue weighted by Crippen LogP contribution is -2.54. The highest BCUT2D eigenvalue weighted by molar-refractivity contribution is 7.15. The van der Waals surface area contributed by atoms with Crippen LogP contribution in [0, 0.1) is 12.3 Å². The van der Waals surface area contributed by atoms with Crippen molar-refractivity contribution in [1.29, 1.82) is 0 Å². The first-order valence-electron chi connectivity index (χ1n) is 12.6. The van der Waals surface area contributed by atoms with Crippen molar-refractivity contribution in [3.05, 3.63) is 52.8 Å². The number of pyridine rings is 2. The van der Waals surface area contributed by atoms with E-state index in [4.69, 9.17) is 10.7 Å². The molecule has 3 heterocycles. The fourth-order valence-corrected chi connectivity index (χ4v) is 6.61. The number of aryl methyl sites for hydroxylation is 1. The second-order valence-corrected chi connectivity index (χ2v) is 11.1. The minimum absolute atomic E-state index is 0.375. The smallest absolute Gasteiger partial charge is 0.227 e. The summed E-state index contributed by atoms with van der Waals surface area (Å²) in [5.41, 5.74) is 6.68. The van der Waals surface area contributed by atoms with Crippen LogP contribution in [0.25, 0.3) is 10.6 Å². The topological polar surface area (TPSA) is 114 Å². The zero-order valence-corrected chi connectivity index (χ0v) is 21.2. The van der Waals surface area contributed by atoms with E-state index in [-0.39, 0.29) is 0 Å². The molecule has 35 heavy (non-hydrogen) atoms. The van der Waals surface area contributed by atoms with Gasteiger partial charge in [0.05, 0.1) is 16.0 Å². The maximum Gasteiger partial charge on any atom is 0.227 e. The molecule has 2 aliphatic rings. The van der Waals surface area contributed by atoms with Crippen molar-refractivity contribution in [1.82, 2.24) is 15.0 Å². The zero-order valence-electron chi connectivity index (χ0n) is 20.4. The normalized spacial score (nSPS) is 19.2. The van der Waals surface area contributed by atoms with Crippen LogP contribution in [0.2, 0.25) is 0 Å². The monoisotopic (exact) mass is 491 g/mol. The van der Waals surface area contributed by atoms with Crippen LogP contribution < -0.4 is 11.1 Å². The summed E-state index contributed by atoms with van der Waals surface area (Å²) in [7, 11) is 0. The largest absolute Gasteiger partial charge is 0.382 e. The Morgan fingerprint density at radius 1 is 1.20 bits per heavy atom. The van der Waals surface area contributed by atoms with Gasteiger partial charge in [-0.1, -0.05) is 26.2 Å². The van der Waals surface area contributed by atoms with Gasteiger partial charge in [-0.15, -0.1) is 11.3 Å². The molecule has 2 aliphatic carbocycles. The lowest BCUT2D eigenvalue weighted by molar-refractivity contribution is -0.157. The summed E-state index contributed by atoms with van der Waals surface area (Å²) in [6, 6.07) is 8.17. The number of hydrogen-bond donors (Lipinski definition) is 3. The van der Waals surface area contributed by atoms with Gasteiger partial charge in [-0.05, 0) is 80.3 Å².